The van der Waals surface area contributed by atoms with Crippen molar-refractivity contribution in [1.82, 2.24) is 4.90 Å². The first-order chi connectivity index (χ1) is 8.11. The molecule has 4 nitrogen and oxygen atoms in total. The molecule has 0 aromatic rings. The highest BCUT2D eigenvalue weighted by Crippen LogP contribution is 2.25. The molecule has 1 unspecified atom stereocenters. The van der Waals surface area contributed by atoms with Gasteiger partial charge in [-0.25, -0.2) is 9.18 Å². The molecular weight excluding hydrogens is 237 g/mol. The summed E-state index contributed by atoms with van der Waals surface area (Å²) >= 11 is 0. The van der Waals surface area contributed by atoms with Gasteiger partial charge in [-0.15, -0.1) is 0 Å². The molecule has 0 radical (unpaired) electrons. The average Bonchev–Trinajstić information content (AvgIpc) is 2.56. The molecule has 1 aliphatic heterocycles. The number of ether oxygens (including phenoxy) is 1. The van der Waals surface area contributed by atoms with Crippen LogP contribution in [0.25, 0.3) is 0 Å². The van der Waals surface area contributed by atoms with Gasteiger partial charge >= 0.3 is 6.09 Å². The Balaban J connectivity index is 2.79. The van der Waals surface area contributed by atoms with Gasteiger partial charge in [0.25, 0.3) is 0 Å². The molecule has 0 N–H and O–H groups in total. The van der Waals surface area contributed by atoms with Crippen LogP contribution in [0.4, 0.5) is 9.18 Å². The largest absolute Gasteiger partial charge is 0.444 e. The van der Waals surface area contributed by atoms with E-state index in [1.165, 1.54) is 4.90 Å². The summed E-state index contributed by atoms with van der Waals surface area (Å²) in [6.45, 7) is 8.67. The van der Waals surface area contributed by atoms with Gasteiger partial charge in [0.2, 0.25) is 0 Å². The molecule has 0 aliphatic carbocycles. The van der Waals surface area contributed by atoms with E-state index in [9.17, 15) is 14.0 Å². The van der Waals surface area contributed by atoms with Crippen LogP contribution in [0.1, 0.15) is 41.0 Å². The second-order valence-corrected chi connectivity index (χ2v) is 6.04. The Morgan fingerprint density at radius 2 is 1.89 bits per heavy atom. The lowest BCUT2D eigenvalue weighted by Crippen LogP contribution is -2.44. The molecule has 1 rings (SSSR count). The van der Waals surface area contributed by atoms with E-state index in [2.05, 4.69) is 0 Å². The molecule has 1 amide bonds. The first kappa shape index (κ1) is 14.9. The summed E-state index contributed by atoms with van der Waals surface area (Å²) in [7, 11) is 0. The van der Waals surface area contributed by atoms with E-state index in [1.54, 1.807) is 34.6 Å². The molecule has 2 atom stereocenters. The van der Waals surface area contributed by atoms with E-state index in [0.717, 1.165) is 0 Å². The van der Waals surface area contributed by atoms with Crippen LogP contribution in [-0.2, 0) is 9.53 Å². The maximum Gasteiger partial charge on any atom is 0.411 e. The lowest BCUT2D eigenvalue weighted by molar-refractivity contribution is -0.126. The Morgan fingerprint density at radius 3 is 2.33 bits per heavy atom. The highest BCUT2D eigenvalue weighted by Gasteiger charge is 2.41. The van der Waals surface area contributed by atoms with Gasteiger partial charge in [0.15, 0.2) is 5.78 Å². The Kier molecular flexibility index (Phi) is 4.35. The van der Waals surface area contributed by atoms with Crippen molar-refractivity contribution in [2.45, 2.75) is 58.9 Å². The van der Waals surface area contributed by atoms with Crippen LogP contribution in [0.5, 0.6) is 0 Å². The number of likely N-dealkylation sites (tertiary alicyclic amines) is 1. The molecule has 0 aromatic carbocycles. The number of carbonyl (C=O) groups excluding carboxylic acids is 2. The van der Waals surface area contributed by atoms with E-state index in [1.807, 2.05) is 0 Å². The number of alkyl halides is 1. The van der Waals surface area contributed by atoms with Crippen molar-refractivity contribution in [3.8, 4) is 0 Å². The van der Waals surface area contributed by atoms with Gasteiger partial charge in [-0.05, 0) is 20.8 Å². The van der Waals surface area contributed by atoms with E-state index >= 15 is 0 Å². The second kappa shape index (κ2) is 5.24. The van der Waals surface area contributed by atoms with Gasteiger partial charge in [0, 0.05) is 12.3 Å². The standard InChI is InChI=1S/C13H22FNO3/c1-8(2)11(16)10-6-9(14)7-15(10)12(17)18-13(3,4)5/h8-10H,6-7H2,1-5H3/t9?,10-/m1/s1. The number of carbonyl (C=O) groups is 2. The lowest BCUT2D eigenvalue weighted by Gasteiger charge is -2.28. The fourth-order valence-electron chi connectivity index (χ4n) is 1.96. The quantitative estimate of drug-likeness (QED) is 0.765. The Hall–Kier alpha value is -1.13. The van der Waals surface area contributed by atoms with Crippen LogP contribution < -0.4 is 0 Å². The summed E-state index contributed by atoms with van der Waals surface area (Å²) in [6.07, 6.45) is -1.68. The Bertz CT molecular complexity index is 336. The number of amides is 1. The van der Waals surface area contributed by atoms with Crippen molar-refractivity contribution >= 4 is 11.9 Å². The van der Waals surface area contributed by atoms with Gasteiger partial charge in [0.1, 0.15) is 11.8 Å². The molecule has 0 spiro atoms. The maximum atomic E-state index is 13.4. The monoisotopic (exact) mass is 259 g/mol. The molecule has 1 saturated heterocycles. The molecule has 0 saturated carbocycles. The highest BCUT2D eigenvalue weighted by atomic mass is 19.1. The van der Waals surface area contributed by atoms with Crippen molar-refractivity contribution in [3.63, 3.8) is 0 Å². The van der Waals surface area contributed by atoms with Crippen molar-refractivity contribution < 1.29 is 18.7 Å². The van der Waals surface area contributed by atoms with Gasteiger partial charge in [-0.2, -0.15) is 0 Å². The third-order valence-corrected chi connectivity index (χ3v) is 2.78. The van der Waals surface area contributed by atoms with E-state index in [0.29, 0.717) is 0 Å². The number of Topliss-reactive ketones (excluding diaryl/α,β-unsaturated/α-hetero) is 1. The molecule has 1 heterocycles. The minimum Gasteiger partial charge on any atom is -0.444 e. The highest BCUT2D eigenvalue weighted by molar-refractivity contribution is 5.89. The first-order valence-corrected chi connectivity index (χ1v) is 6.29. The number of nitrogens with zero attached hydrogens (tertiary/aromatic N) is 1. The summed E-state index contributed by atoms with van der Waals surface area (Å²) in [4.78, 5) is 25.1. The summed E-state index contributed by atoms with van der Waals surface area (Å²) in [5, 5.41) is 0. The van der Waals surface area contributed by atoms with Gasteiger partial charge in [-0.3, -0.25) is 9.69 Å². The molecular formula is C13H22FNO3. The minimum absolute atomic E-state index is 0.0575. The zero-order valence-electron chi connectivity index (χ0n) is 11.7. The molecule has 0 aromatic heterocycles. The van der Waals surface area contributed by atoms with Crippen LogP contribution in [0.15, 0.2) is 0 Å². The third kappa shape index (κ3) is 3.68. The zero-order chi connectivity index (χ0) is 14.1. The normalized spacial score (nSPS) is 24.5. The number of hydrogen-bond donors (Lipinski definition) is 0. The predicted octanol–water partition coefficient (Wildman–Crippen LogP) is 2.56. The summed E-state index contributed by atoms with van der Waals surface area (Å²) in [5.74, 6) is -0.328. The van der Waals surface area contributed by atoms with Crippen molar-refractivity contribution in [3.05, 3.63) is 0 Å². The van der Waals surface area contributed by atoms with Crippen LogP contribution in [0.3, 0.4) is 0 Å². The van der Waals surface area contributed by atoms with Crippen molar-refractivity contribution in [2.75, 3.05) is 6.54 Å². The Labute approximate surface area is 107 Å². The fraction of sp³-hybridized carbons (Fsp3) is 0.846. The topological polar surface area (TPSA) is 46.6 Å². The molecule has 1 fully saturated rings. The minimum atomic E-state index is -1.15. The molecule has 0 bridgehead atoms. The maximum absolute atomic E-state index is 13.4. The van der Waals surface area contributed by atoms with Gasteiger partial charge in [0.05, 0.1) is 12.6 Å². The number of hydrogen-bond acceptors (Lipinski definition) is 3. The molecule has 1 aliphatic rings. The van der Waals surface area contributed by atoms with Gasteiger partial charge in [-0.1, -0.05) is 13.8 Å². The van der Waals surface area contributed by atoms with E-state index < -0.39 is 23.9 Å². The van der Waals surface area contributed by atoms with Gasteiger partial charge < -0.3 is 4.74 Å². The fourth-order valence-corrected chi connectivity index (χ4v) is 1.96. The molecule has 104 valence electrons. The van der Waals surface area contributed by atoms with Crippen LogP contribution >= 0.6 is 0 Å². The van der Waals surface area contributed by atoms with Crippen LogP contribution in [0, 0.1) is 5.92 Å². The number of ketones is 1. The van der Waals surface area contributed by atoms with E-state index in [-0.39, 0.29) is 24.7 Å². The van der Waals surface area contributed by atoms with Crippen LogP contribution in [0.2, 0.25) is 0 Å². The summed E-state index contributed by atoms with van der Waals surface area (Å²) < 4.78 is 18.6. The number of rotatable bonds is 2. The molecule has 18 heavy (non-hydrogen) atoms. The lowest BCUT2D eigenvalue weighted by atomic mass is 10.00. The van der Waals surface area contributed by atoms with E-state index in [4.69, 9.17) is 4.74 Å². The number of halogens is 1. The summed E-state index contributed by atoms with van der Waals surface area (Å²) in [5.41, 5.74) is -0.642. The zero-order valence-corrected chi connectivity index (χ0v) is 11.7. The predicted molar refractivity (Wildman–Crippen MR) is 66.1 cm³/mol. The SMILES string of the molecule is CC(C)C(=O)[C@H]1CC(F)CN1C(=O)OC(C)(C)C. The summed E-state index contributed by atoms with van der Waals surface area (Å²) in [6, 6.07) is -0.685. The first-order valence-electron chi connectivity index (χ1n) is 6.29. The third-order valence-electron chi connectivity index (χ3n) is 2.78. The second-order valence-electron chi connectivity index (χ2n) is 6.04. The van der Waals surface area contributed by atoms with Crippen LogP contribution in [-0.4, -0.2) is 41.1 Å². The Morgan fingerprint density at radius 1 is 1.33 bits per heavy atom. The average molecular weight is 259 g/mol. The van der Waals surface area contributed by atoms with Crippen molar-refractivity contribution in [2.24, 2.45) is 5.92 Å². The van der Waals surface area contributed by atoms with Crippen molar-refractivity contribution in [1.29, 1.82) is 0 Å². The smallest absolute Gasteiger partial charge is 0.411 e. The molecule has 5 heteroatoms.